The number of hydrogen-bond acceptors (Lipinski definition) is 3. The Kier molecular flexibility index (Phi) is 3.32. The Morgan fingerprint density at radius 3 is 2.42 bits per heavy atom. The lowest BCUT2D eigenvalue weighted by atomic mass is 9.81. The van der Waals surface area contributed by atoms with E-state index >= 15 is 0 Å². The first kappa shape index (κ1) is 15.7. The molecule has 0 unspecified atom stereocenters. The molecule has 3 aromatic carbocycles. The van der Waals surface area contributed by atoms with Gasteiger partial charge in [0.1, 0.15) is 5.75 Å². The van der Waals surface area contributed by atoms with Gasteiger partial charge in [0, 0.05) is 29.6 Å². The molecule has 1 heterocycles. The maximum absolute atomic E-state index is 10.6. The maximum atomic E-state index is 10.6. The molecule has 0 radical (unpaired) electrons. The molecule has 1 aliphatic carbocycles. The number of nitrogens with zero attached hydrogens (tertiary/aromatic N) is 1. The highest BCUT2D eigenvalue weighted by Crippen LogP contribution is 2.53. The zero-order valence-corrected chi connectivity index (χ0v) is 15.2. The Morgan fingerprint density at radius 2 is 1.65 bits per heavy atom. The number of rotatable bonds is 1. The van der Waals surface area contributed by atoms with Gasteiger partial charge in [-0.25, -0.2) is 0 Å². The quantitative estimate of drug-likeness (QED) is 0.694. The molecule has 2 aliphatic rings. The molecular weight excluding hydrogens is 322 g/mol. The molecule has 0 atom stereocenters. The maximum Gasteiger partial charge on any atom is 0.123 e. The predicted octanol–water partition coefficient (Wildman–Crippen LogP) is 4.69. The summed E-state index contributed by atoms with van der Waals surface area (Å²) in [7, 11) is 0. The van der Waals surface area contributed by atoms with Crippen molar-refractivity contribution in [3.05, 3.63) is 59.7 Å². The second-order valence-corrected chi connectivity index (χ2v) is 7.82. The van der Waals surface area contributed by atoms with E-state index in [1.807, 2.05) is 18.2 Å². The van der Waals surface area contributed by atoms with E-state index in [0.717, 1.165) is 37.1 Å². The minimum atomic E-state index is -0.130. The SMILES string of the molecule is CC1(C)c2cc(N3CCOCC3)ccc2-c2c1cc(O)c1ccccc21. The molecule has 3 aromatic rings. The van der Waals surface area contributed by atoms with Crippen LogP contribution in [0.3, 0.4) is 0 Å². The van der Waals surface area contributed by atoms with Crippen molar-refractivity contribution >= 4 is 16.5 Å². The lowest BCUT2D eigenvalue weighted by Gasteiger charge is -2.30. The van der Waals surface area contributed by atoms with Crippen LogP contribution in [0.15, 0.2) is 48.5 Å². The minimum absolute atomic E-state index is 0.130. The van der Waals surface area contributed by atoms with Crippen LogP contribution in [0.4, 0.5) is 5.69 Å². The number of morpholine rings is 1. The van der Waals surface area contributed by atoms with Gasteiger partial charge >= 0.3 is 0 Å². The summed E-state index contributed by atoms with van der Waals surface area (Å²) in [6, 6.07) is 17.0. The average molecular weight is 345 g/mol. The zero-order valence-electron chi connectivity index (χ0n) is 15.2. The van der Waals surface area contributed by atoms with Gasteiger partial charge in [0.2, 0.25) is 0 Å². The fourth-order valence-corrected chi connectivity index (χ4v) is 4.57. The van der Waals surface area contributed by atoms with Crippen LogP contribution in [0.25, 0.3) is 21.9 Å². The van der Waals surface area contributed by atoms with E-state index in [-0.39, 0.29) is 5.41 Å². The van der Waals surface area contributed by atoms with Crippen molar-refractivity contribution in [1.82, 2.24) is 0 Å². The molecule has 1 saturated heterocycles. The lowest BCUT2D eigenvalue weighted by Crippen LogP contribution is -2.36. The number of fused-ring (bicyclic) bond motifs is 5. The molecular formula is C23H23NO2. The molecule has 0 aromatic heterocycles. The summed E-state index contributed by atoms with van der Waals surface area (Å²) in [5.41, 5.74) is 6.25. The summed E-state index contributed by atoms with van der Waals surface area (Å²) < 4.78 is 5.50. The van der Waals surface area contributed by atoms with Crippen LogP contribution in [0.2, 0.25) is 0 Å². The normalized spacial score (nSPS) is 18.0. The molecule has 0 spiro atoms. The fourth-order valence-electron chi connectivity index (χ4n) is 4.57. The van der Waals surface area contributed by atoms with Crippen LogP contribution in [-0.4, -0.2) is 31.4 Å². The number of anilines is 1. The van der Waals surface area contributed by atoms with Gasteiger partial charge in [0.05, 0.1) is 13.2 Å². The van der Waals surface area contributed by atoms with E-state index in [4.69, 9.17) is 4.74 Å². The third-order valence-electron chi connectivity index (χ3n) is 6.02. The summed E-state index contributed by atoms with van der Waals surface area (Å²) in [4.78, 5) is 2.40. The van der Waals surface area contributed by atoms with E-state index in [2.05, 4.69) is 49.1 Å². The van der Waals surface area contributed by atoms with Gasteiger partial charge in [-0.3, -0.25) is 0 Å². The average Bonchev–Trinajstić information content (AvgIpc) is 2.90. The fraction of sp³-hybridized carbons (Fsp3) is 0.304. The van der Waals surface area contributed by atoms with Crippen LogP contribution in [0.5, 0.6) is 5.75 Å². The van der Waals surface area contributed by atoms with Crippen LogP contribution in [0.1, 0.15) is 25.0 Å². The van der Waals surface area contributed by atoms with Crippen LogP contribution < -0.4 is 4.90 Å². The number of phenols is 1. The highest BCUT2D eigenvalue weighted by atomic mass is 16.5. The second-order valence-electron chi connectivity index (χ2n) is 7.82. The van der Waals surface area contributed by atoms with Gasteiger partial charge in [0.25, 0.3) is 0 Å². The molecule has 0 bridgehead atoms. The Bertz CT molecular complexity index is 1020. The standard InChI is InChI=1S/C23H23NO2/c1-23(2)19-13-15(24-9-11-26-12-10-24)7-8-18(19)22-17-6-4-3-5-16(17)21(25)14-20(22)23/h3-8,13-14,25H,9-12H2,1-2H3. The molecule has 1 aliphatic heterocycles. The topological polar surface area (TPSA) is 32.7 Å². The van der Waals surface area contributed by atoms with Crippen LogP contribution in [0, 0.1) is 0 Å². The number of ether oxygens (including phenoxy) is 1. The highest BCUT2D eigenvalue weighted by molar-refractivity contribution is 6.05. The third-order valence-corrected chi connectivity index (χ3v) is 6.02. The van der Waals surface area contributed by atoms with Crippen LogP contribution >= 0.6 is 0 Å². The molecule has 26 heavy (non-hydrogen) atoms. The van der Waals surface area contributed by atoms with Crippen molar-refractivity contribution in [2.24, 2.45) is 0 Å². The summed E-state index contributed by atoms with van der Waals surface area (Å²) in [6.45, 7) is 7.98. The smallest absolute Gasteiger partial charge is 0.123 e. The van der Waals surface area contributed by atoms with Crippen molar-refractivity contribution in [2.45, 2.75) is 19.3 Å². The Balaban J connectivity index is 1.74. The summed E-state index contributed by atoms with van der Waals surface area (Å²) >= 11 is 0. The molecule has 3 nitrogen and oxygen atoms in total. The van der Waals surface area contributed by atoms with Crippen molar-refractivity contribution in [2.75, 3.05) is 31.2 Å². The first-order valence-electron chi connectivity index (χ1n) is 9.30. The first-order chi connectivity index (χ1) is 12.6. The molecule has 1 N–H and O–H groups in total. The molecule has 132 valence electrons. The predicted molar refractivity (Wildman–Crippen MR) is 106 cm³/mol. The Morgan fingerprint density at radius 1 is 0.923 bits per heavy atom. The largest absolute Gasteiger partial charge is 0.507 e. The van der Waals surface area contributed by atoms with Crippen LogP contribution in [-0.2, 0) is 10.2 Å². The van der Waals surface area contributed by atoms with Crippen molar-refractivity contribution in [3.63, 3.8) is 0 Å². The zero-order chi connectivity index (χ0) is 17.9. The van der Waals surface area contributed by atoms with E-state index in [9.17, 15) is 5.11 Å². The lowest BCUT2D eigenvalue weighted by molar-refractivity contribution is 0.122. The minimum Gasteiger partial charge on any atom is -0.507 e. The van der Waals surface area contributed by atoms with E-state index in [1.54, 1.807) is 0 Å². The molecule has 5 rings (SSSR count). The van der Waals surface area contributed by atoms with Crippen molar-refractivity contribution in [1.29, 1.82) is 0 Å². The molecule has 1 fully saturated rings. The monoisotopic (exact) mass is 345 g/mol. The number of benzene rings is 3. The van der Waals surface area contributed by atoms with Gasteiger partial charge in [0.15, 0.2) is 0 Å². The van der Waals surface area contributed by atoms with Crippen molar-refractivity contribution < 1.29 is 9.84 Å². The van der Waals surface area contributed by atoms with E-state index < -0.39 is 0 Å². The van der Waals surface area contributed by atoms with Gasteiger partial charge in [-0.2, -0.15) is 0 Å². The summed E-state index contributed by atoms with van der Waals surface area (Å²) in [6.07, 6.45) is 0. The number of aromatic hydroxyl groups is 1. The van der Waals surface area contributed by atoms with E-state index in [1.165, 1.54) is 27.9 Å². The summed E-state index contributed by atoms with van der Waals surface area (Å²) in [5.74, 6) is 0.369. The second kappa shape index (κ2) is 5.49. The van der Waals surface area contributed by atoms with E-state index in [0.29, 0.717) is 5.75 Å². The number of phenolic OH excluding ortho intramolecular Hbond substituents is 1. The van der Waals surface area contributed by atoms with Gasteiger partial charge in [-0.1, -0.05) is 44.2 Å². The third kappa shape index (κ3) is 2.10. The Labute approximate surface area is 153 Å². The van der Waals surface area contributed by atoms with Crippen molar-refractivity contribution in [3.8, 4) is 16.9 Å². The first-order valence-corrected chi connectivity index (χ1v) is 9.30. The molecule has 3 heteroatoms. The van der Waals surface area contributed by atoms with Gasteiger partial charge in [-0.05, 0) is 45.8 Å². The van der Waals surface area contributed by atoms with Gasteiger partial charge < -0.3 is 14.7 Å². The Hall–Kier alpha value is -2.52. The van der Waals surface area contributed by atoms with Gasteiger partial charge in [-0.15, -0.1) is 0 Å². The molecule has 0 amide bonds. The summed E-state index contributed by atoms with van der Waals surface area (Å²) in [5, 5.41) is 12.6. The number of hydrogen-bond donors (Lipinski definition) is 1. The highest BCUT2D eigenvalue weighted by Gasteiger charge is 2.37. The molecule has 0 saturated carbocycles.